The lowest BCUT2D eigenvalue weighted by Gasteiger charge is -2.09. The summed E-state index contributed by atoms with van der Waals surface area (Å²) in [5, 5.41) is 20.7. The highest BCUT2D eigenvalue weighted by molar-refractivity contribution is 5.67. The summed E-state index contributed by atoms with van der Waals surface area (Å²) in [6.07, 6.45) is -1.05. The van der Waals surface area contributed by atoms with E-state index in [-0.39, 0.29) is 6.42 Å². The average molecular weight is 209 g/mol. The number of benzene rings is 1. The third kappa shape index (κ3) is 5.15. The van der Waals surface area contributed by atoms with E-state index in [9.17, 15) is 9.90 Å². The van der Waals surface area contributed by atoms with Gasteiger partial charge in [0.1, 0.15) is 0 Å². The van der Waals surface area contributed by atoms with Crippen LogP contribution in [-0.2, 0) is 11.3 Å². The second-order valence-electron chi connectivity index (χ2n) is 3.37. The number of carboxylic acid groups (broad SMARTS) is 1. The predicted molar refractivity (Wildman–Crippen MR) is 56.4 cm³/mol. The lowest BCUT2D eigenvalue weighted by atomic mass is 10.2. The van der Waals surface area contributed by atoms with Gasteiger partial charge in [0, 0.05) is 13.1 Å². The Bertz CT molecular complexity index is 300. The van der Waals surface area contributed by atoms with Crippen molar-refractivity contribution in [3.05, 3.63) is 35.9 Å². The van der Waals surface area contributed by atoms with Crippen LogP contribution in [0.5, 0.6) is 0 Å². The molecule has 0 saturated heterocycles. The van der Waals surface area contributed by atoms with Gasteiger partial charge in [-0.3, -0.25) is 4.79 Å². The third-order valence-corrected chi connectivity index (χ3v) is 1.96. The third-order valence-electron chi connectivity index (χ3n) is 1.96. The SMILES string of the molecule is O=C(O)C[C@@H](O)CNCc1ccccc1. The Morgan fingerprint density at radius 2 is 2.00 bits per heavy atom. The molecular weight excluding hydrogens is 194 g/mol. The van der Waals surface area contributed by atoms with E-state index in [1.807, 2.05) is 30.3 Å². The Labute approximate surface area is 88.6 Å². The van der Waals surface area contributed by atoms with Crippen molar-refractivity contribution >= 4 is 5.97 Å². The molecule has 1 aromatic carbocycles. The molecule has 0 radical (unpaired) electrons. The van der Waals surface area contributed by atoms with E-state index >= 15 is 0 Å². The molecule has 4 heteroatoms. The topological polar surface area (TPSA) is 69.6 Å². The maximum Gasteiger partial charge on any atom is 0.306 e. The van der Waals surface area contributed by atoms with Crippen LogP contribution in [-0.4, -0.2) is 28.8 Å². The van der Waals surface area contributed by atoms with E-state index in [0.29, 0.717) is 13.1 Å². The van der Waals surface area contributed by atoms with Gasteiger partial charge < -0.3 is 15.5 Å². The van der Waals surface area contributed by atoms with Crippen LogP contribution >= 0.6 is 0 Å². The molecule has 0 aliphatic carbocycles. The molecule has 0 unspecified atom stereocenters. The Kier molecular flexibility index (Phi) is 4.80. The van der Waals surface area contributed by atoms with Gasteiger partial charge in [-0.05, 0) is 5.56 Å². The van der Waals surface area contributed by atoms with E-state index in [4.69, 9.17) is 5.11 Å². The Morgan fingerprint density at radius 3 is 2.60 bits per heavy atom. The second-order valence-corrected chi connectivity index (χ2v) is 3.37. The zero-order chi connectivity index (χ0) is 11.1. The van der Waals surface area contributed by atoms with Gasteiger partial charge in [-0.15, -0.1) is 0 Å². The van der Waals surface area contributed by atoms with Crippen molar-refractivity contribution in [3.63, 3.8) is 0 Å². The smallest absolute Gasteiger partial charge is 0.306 e. The number of aliphatic hydroxyl groups is 1. The minimum Gasteiger partial charge on any atom is -0.481 e. The number of hydrogen-bond acceptors (Lipinski definition) is 3. The number of nitrogens with one attached hydrogen (secondary N) is 1. The van der Waals surface area contributed by atoms with Crippen LogP contribution in [0.2, 0.25) is 0 Å². The molecule has 0 amide bonds. The van der Waals surface area contributed by atoms with Gasteiger partial charge in [0.25, 0.3) is 0 Å². The number of carbonyl (C=O) groups is 1. The molecule has 0 aliphatic heterocycles. The van der Waals surface area contributed by atoms with E-state index < -0.39 is 12.1 Å². The van der Waals surface area contributed by atoms with Crippen molar-refractivity contribution in [2.24, 2.45) is 0 Å². The van der Waals surface area contributed by atoms with E-state index in [2.05, 4.69) is 5.32 Å². The molecule has 1 aromatic rings. The van der Waals surface area contributed by atoms with Crippen molar-refractivity contribution in [3.8, 4) is 0 Å². The summed E-state index contributed by atoms with van der Waals surface area (Å²) in [7, 11) is 0. The molecule has 3 N–H and O–H groups in total. The summed E-state index contributed by atoms with van der Waals surface area (Å²) >= 11 is 0. The van der Waals surface area contributed by atoms with Crippen LogP contribution in [0.1, 0.15) is 12.0 Å². The first kappa shape index (κ1) is 11.7. The average Bonchev–Trinajstić information content (AvgIpc) is 2.18. The van der Waals surface area contributed by atoms with Gasteiger partial charge in [0.05, 0.1) is 12.5 Å². The number of hydrogen-bond donors (Lipinski definition) is 3. The van der Waals surface area contributed by atoms with Gasteiger partial charge in [-0.1, -0.05) is 30.3 Å². The van der Waals surface area contributed by atoms with E-state index in [0.717, 1.165) is 5.56 Å². The molecule has 15 heavy (non-hydrogen) atoms. The number of carboxylic acids is 1. The van der Waals surface area contributed by atoms with Crippen LogP contribution < -0.4 is 5.32 Å². The Morgan fingerprint density at radius 1 is 1.33 bits per heavy atom. The maximum absolute atomic E-state index is 10.3. The molecule has 0 aromatic heterocycles. The minimum absolute atomic E-state index is 0.220. The second kappa shape index (κ2) is 6.16. The van der Waals surface area contributed by atoms with Crippen molar-refractivity contribution < 1.29 is 15.0 Å². The fraction of sp³-hybridized carbons (Fsp3) is 0.364. The van der Waals surface area contributed by atoms with Gasteiger partial charge >= 0.3 is 5.97 Å². The number of rotatable bonds is 6. The molecule has 0 bridgehead atoms. The highest BCUT2D eigenvalue weighted by atomic mass is 16.4. The quantitative estimate of drug-likeness (QED) is 0.642. The molecule has 1 rings (SSSR count). The summed E-state index contributed by atoms with van der Waals surface area (Å²) in [6, 6.07) is 9.74. The zero-order valence-corrected chi connectivity index (χ0v) is 8.39. The van der Waals surface area contributed by atoms with Crippen LogP contribution in [0.3, 0.4) is 0 Å². The summed E-state index contributed by atoms with van der Waals surface area (Å²) < 4.78 is 0. The van der Waals surface area contributed by atoms with E-state index in [1.165, 1.54) is 0 Å². The molecule has 82 valence electrons. The predicted octanol–water partition coefficient (Wildman–Crippen LogP) is 0.612. The fourth-order valence-electron chi connectivity index (χ4n) is 1.25. The maximum atomic E-state index is 10.3. The molecule has 1 atom stereocenters. The Balaban J connectivity index is 2.19. The molecule has 0 spiro atoms. The van der Waals surface area contributed by atoms with Gasteiger partial charge in [0.2, 0.25) is 0 Å². The number of aliphatic carboxylic acids is 1. The Hall–Kier alpha value is -1.39. The van der Waals surface area contributed by atoms with Crippen molar-refractivity contribution in [1.29, 1.82) is 0 Å². The van der Waals surface area contributed by atoms with Gasteiger partial charge in [0.15, 0.2) is 0 Å². The van der Waals surface area contributed by atoms with Crippen molar-refractivity contribution in [2.75, 3.05) is 6.54 Å². The molecule has 0 heterocycles. The van der Waals surface area contributed by atoms with Gasteiger partial charge in [-0.2, -0.15) is 0 Å². The number of aliphatic hydroxyl groups excluding tert-OH is 1. The van der Waals surface area contributed by atoms with E-state index in [1.54, 1.807) is 0 Å². The first-order valence-electron chi connectivity index (χ1n) is 4.83. The van der Waals surface area contributed by atoms with Gasteiger partial charge in [-0.25, -0.2) is 0 Å². The normalized spacial score (nSPS) is 12.3. The summed E-state index contributed by atoms with van der Waals surface area (Å²) in [6.45, 7) is 0.929. The molecule has 0 fully saturated rings. The van der Waals surface area contributed by atoms with Crippen LogP contribution in [0.15, 0.2) is 30.3 Å². The molecule has 0 aliphatic rings. The van der Waals surface area contributed by atoms with Crippen LogP contribution in [0, 0.1) is 0 Å². The monoisotopic (exact) mass is 209 g/mol. The van der Waals surface area contributed by atoms with Crippen LogP contribution in [0.25, 0.3) is 0 Å². The summed E-state index contributed by atoms with van der Waals surface area (Å²) in [4.78, 5) is 10.3. The molecule has 0 saturated carbocycles. The standard InChI is InChI=1S/C11H15NO3/c13-10(6-11(14)15)8-12-7-9-4-2-1-3-5-9/h1-5,10,12-13H,6-8H2,(H,14,15)/t10-/m1/s1. The summed E-state index contributed by atoms with van der Waals surface area (Å²) in [5.74, 6) is -0.982. The fourth-order valence-corrected chi connectivity index (χ4v) is 1.25. The summed E-state index contributed by atoms with van der Waals surface area (Å²) in [5.41, 5.74) is 1.11. The van der Waals surface area contributed by atoms with Crippen molar-refractivity contribution in [2.45, 2.75) is 19.1 Å². The molecule has 4 nitrogen and oxygen atoms in total. The highest BCUT2D eigenvalue weighted by Gasteiger charge is 2.08. The largest absolute Gasteiger partial charge is 0.481 e. The first-order valence-corrected chi connectivity index (χ1v) is 4.83. The lowest BCUT2D eigenvalue weighted by molar-refractivity contribution is -0.139. The zero-order valence-electron chi connectivity index (χ0n) is 8.39. The van der Waals surface area contributed by atoms with Crippen LogP contribution in [0.4, 0.5) is 0 Å². The van der Waals surface area contributed by atoms with Crippen molar-refractivity contribution in [1.82, 2.24) is 5.32 Å². The minimum atomic E-state index is -0.982. The first-order chi connectivity index (χ1) is 7.18. The molecular formula is C11H15NO3. The lowest BCUT2D eigenvalue weighted by Crippen LogP contribution is -2.28. The highest BCUT2D eigenvalue weighted by Crippen LogP contribution is 1.97.